The van der Waals surface area contributed by atoms with Crippen LogP contribution in [-0.4, -0.2) is 27.9 Å². The van der Waals surface area contributed by atoms with Gasteiger partial charge in [0.15, 0.2) is 0 Å². The zero-order valence-electron chi connectivity index (χ0n) is 20.1. The fourth-order valence-electron chi connectivity index (χ4n) is 5.56. The lowest BCUT2D eigenvalue weighted by Crippen LogP contribution is -2.31. The lowest BCUT2D eigenvalue weighted by atomic mass is 9.96. The van der Waals surface area contributed by atoms with Crippen LogP contribution in [0.4, 0.5) is 11.5 Å². The van der Waals surface area contributed by atoms with Crippen molar-refractivity contribution in [1.29, 1.82) is 0 Å². The number of pyridine rings is 1. The third kappa shape index (κ3) is 3.78. The molecule has 0 bridgehead atoms. The molecule has 5 nitrogen and oxygen atoms in total. The van der Waals surface area contributed by atoms with Crippen molar-refractivity contribution < 1.29 is 0 Å². The molecular weight excluding hydrogens is 477 g/mol. The number of aryl methyl sites for hydroxylation is 3. The van der Waals surface area contributed by atoms with Gasteiger partial charge < -0.3 is 10.2 Å². The second kappa shape index (κ2) is 8.58. The molecule has 1 N–H and O–H groups in total. The number of hydrogen-bond acceptors (Lipinski definition) is 4. The largest absolute Gasteiger partial charge is 0.384 e. The van der Waals surface area contributed by atoms with Crippen molar-refractivity contribution in [1.82, 2.24) is 14.8 Å². The zero-order chi connectivity index (χ0) is 24.3. The number of rotatable bonds is 3. The summed E-state index contributed by atoms with van der Waals surface area (Å²) in [4.78, 5) is 6.80. The summed E-state index contributed by atoms with van der Waals surface area (Å²) in [6, 6.07) is 12.8. The summed E-state index contributed by atoms with van der Waals surface area (Å²) in [7, 11) is 0. The van der Waals surface area contributed by atoms with E-state index in [2.05, 4.69) is 71.0 Å². The molecule has 2 aromatic heterocycles. The van der Waals surface area contributed by atoms with E-state index in [1.807, 2.05) is 0 Å². The first-order valence-corrected chi connectivity index (χ1v) is 12.8. The van der Waals surface area contributed by atoms with Gasteiger partial charge in [0.25, 0.3) is 0 Å². The van der Waals surface area contributed by atoms with E-state index in [-0.39, 0.29) is 0 Å². The fourth-order valence-corrected chi connectivity index (χ4v) is 6.06. The summed E-state index contributed by atoms with van der Waals surface area (Å²) in [5, 5.41) is 9.87. The molecule has 2 aliphatic rings. The van der Waals surface area contributed by atoms with Crippen LogP contribution in [0.3, 0.4) is 0 Å². The highest BCUT2D eigenvalue weighted by Crippen LogP contribution is 2.39. The normalized spacial score (nSPS) is 14.6. The Morgan fingerprint density at radius 2 is 1.77 bits per heavy atom. The van der Waals surface area contributed by atoms with Crippen molar-refractivity contribution in [2.75, 3.05) is 23.3 Å². The topological polar surface area (TPSA) is 46.0 Å². The average Bonchev–Trinajstić information content (AvgIpc) is 3.43. The van der Waals surface area contributed by atoms with Gasteiger partial charge in [0.05, 0.1) is 27.1 Å². The minimum absolute atomic E-state index is 0.544. The molecule has 0 atom stereocenters. The smallest absolute Gasteiger partial charge is 0.147 e. The SMILES string of the molecule is Cc1cc(-c2c3c(nn2-c2c(C)cccc2C)CCN(c2ncc(Cl)cc2Cl)C3)cc2c1NCC2. The number of aromatic nitrogens is 3. The van der Waals surface area contributed by atoms with Gasteiger partial charge in [0.2, 0.25) is 0 Å². The quantitative estimate of drug-likeness (QED) is 0.338. The van der Waals surface area contributed by atoms with Crippen LogP contribution in [0.15, 0.2) is 42.6 Å². The zero-order valence-corrected chi connectivity index (χ0v) is 21.6. The first-order valence-electron chi connectivity index (χ1n) is 12.0. The molecule has 4 aromatic rings. The van der Waals surface area contributed by atoms with Crippen LogP contribution < -0.4 is 10.2 Å². The Morgan fingerprint density at radius 1 is 0.971 bits per heavy atom. The standard InChI is InChI=1S/C28H27Cl2N5/c1-16-5-4-6-17(2)26(16)35-27(20-11-18(3)25-19(12-20)7-9-31-25)22-15-34(10-8-24(22)33-35)28-23(30)13-21(29)14-32-28/h4-6,11-14,31H,7-10,15H2,1-3H3. The van der Waals surface area contributed by atoms with Crippen molar-refractivity contribution in [2.24, 2.45) is 0 Å². The molecule has 7 heteroatoms. The maximum absolute atomic E-state index is 6.56. The molecule has 0 radical (unpaired) electrons. The van der Waals surface area contributed by atoms with Crippen LogP contribution in [0, 0.1) is 20.8 Å². The van der Waals surface area contributed by atoms with Gasteiger partial charge >= 0.3 is 0 Å². The maximum atomic E-state index is 6.56. The molecule has 0 saturated carbocycles. The number of anilines is 2. The molecule has 0 amide bonds. The molecule has 2 aliphatic heterocycles. The highest BCUT2D eigenvalue weighted by Gasteiger charge is 2.29. The van der Waals surface area contributed by atoms with E-state index in [4.69, 9.17) is 28.3 Å². The van der Waals surface area contributed by atoms with Gasteiger partial charge in [-0.25, -0.2) is 9.67 Å². The summed E-state index contributed by atoms with van der Waals surface area (Å²) in [5.41, 5.74) is 12.2. The van der Waals surface area contributed by atoms with Crippen LogP contribution in [0.2, 0.25) is 10.0 Å². The summed E-state index contributed by atoms with van der Waals surface area (Å²) < 4.78 is 2.18. The second-order valence-corrected chi connectivity index (χ2v) is 10.4. The average molecular weight is 504 g/mol. The van der Waals surface area contributed by atoms with Gasteiger partial charge in [0, 0.05) is 49.1 Å². The molecule has 6 rings (SSSR count). The first-order chi connectivity index (χ1) is 16.9. The Kier molecular flexibility index (Phi) is 5.50. The van der Waals surface area contributed by atoms with E-state index in [0.717, 1.165) is 48.8 Å². The molecule has 0 unspecified atom stereocenters. The van der Waals surface area contributed by atoms with Crippen LogP contribution >= 0.6 is 23.2 Å². The Labute approximate surface area is 215 Å². The molecule has 0 aliphatic carbocycles. The lowest BCUT2D eigenvalue weighted by molar-refractivity contribution is 0.706. The molecule has 0 spiro atoms. The third-order valence-electron chi connectivity index (χ3n) is 7.16. The lowest BCUT2D eigenvalue weighted by Gasteiger charge is -2.28. The Hall–Kier alpha value is -3.02. The Bertz CT molecular complexity index is 1450. The van der Waals surface area contributed by atoms with Gasteiger partial charge in [-0.15, -0.1) is 0 Å². The van der Waals surface area contributed by atoms with Crippen molar-refractivity contribution in [3.05, 3.63) is 86.2 Å². The minimum atomic E-state index is 0.544. The predicted octanol–water partition coefficient (Wildman–Crippen LogP) is 6.70. The summed E-state index contributed by atoms with van der Waals surface area (Å²) in [5.74, 6) is 0.766. The van der Waals surface area contributed by atoms with E-state index in [1.54, 1.807) is 12.3 Å². The van der Waals surface area contributed by atoms with Crippen LogP contribution in [0.5, 0.6) is 0 Å². The minimum Gasteiger partial charge on any atom is -0.384 e. The monoisotopic (exact) mass is 503 g/mol. The number of nitrogens with zero attached hydrogens (tertiary/aromatic N) is 4. The highest BCUT2D eigenvalue weighted by molar-refractivity contribution is 6.36. The number of fused-ring (bicyclic) bond motifs is 2. The highest BCUT2D eigenvalue weighted by atomic mass is 35.5. The maximum Gasteiger partial charge on any atom is 0.147 e. The van der Waals surface area contributed by atoms with Gasteiger partial charge in [-0.1, -0.05) is 41.4 Å². The van der Waals surface area contributed by atoms with E-state index in [0.29, 0.717) is 16.6 Å². The Morgan fingerprint density at radius 3 is 2.54 bits per heavy atom. The van der Waals surface area contributed by atoms with Gasteiger partial charge in [-0.3, -0.25) is 0 Å². The number of para-hydroxylation sites is 1. The van der Waals surface area contributed by atoms with E-state index < -0.39 is 0 Å². The summed E-state index contributed by atoms with van der Waals surface area (Å²) in [6.07, 6.45) is 3.53. The summed E-state index contributed by atoms with van der Waals surface area (Å²) >= 11 is 12.7. The van der Waals surface area contributed by atoms with Crippen LogP contribution in [0.25, 0.3) is 16.9 Å². The third-order valence-corrected chi connectivity index (χ3v) is 7.65. The van der Waals surface area contributed by atoms with Gasteiger partial charge in [0.1, 0.15) is 5.82 Å². The van der Waals surface area contributed by atoms with E-state index in [9.17, 15) is 0 Å². The van der Waals surface area contributed by atoms with E-state index >= 15 is 0 Å². The van der Waals surface area contributed by atoms with Crippen molar-refractivity contribution in [3.63, 3.8) is 0 Å². The number of halogens is 2. The molecule has 4 heterocycles. The number of hydrogen-bond donors (Lipinski definition) is 1. The molecule has 0 fully saturated rings. The van der Waals surface area contributed by atoms with Crippen molar-refractivity contribution in [2.45, 2.75) is 40.2 Å². The van der Waals surface area contributed by atoms with Gasteiger partial charge in [-0.05, 0) is 67.6 Å². The van der Waals surface area contributed by atoms with Gasteiger partial charge in [-0.2, -0.15) is 5.10 Å². The molecular formula is C28H27Cl2N5. The fraction of sp³-hybridized carbons (Fsp3) is 0.286. The summed E-state index contributed by atoms with van der Waals surface area (Å²) in [6.45, 7) is 9.00. The number of nitrogens with one attached hydrogen (secondary N) is 1. The number of benzene rings is 2. The molecule has 178 valence electrons. The molecule has 35 heavy (non-hydrogen) atoms. The molecule has 0 saturated heterocycles. The Balaban J connectivity index is 1.55. The van der Waals surface area contributed by atoms with Crippen molar-refractivity contribution in [3.8, 4) is 16.9 Å². The first kappa shape index (κ1) is 22.4. The van der Waals surface area contributed by atoms with Crippen LogP contribution in [0.1, 0.15) is 33.5 Å². The van der Waals surface area contributed by atoms with Crippen LogP contribution in [-0.2, 0) is 19.4 Å². The second-order valence-electron chi connectivity index (χ2n) is 9.56. The predicted molar refractivity (Wildman–Crippen MR) is 144 cm³/mol. The molecule has 2 aromatic carbocycles. The van der Waals surface area contributed by atoms with E-state index in [1.165, 1.54) is 39.1 Å². The van der Waals surface area contributed by atoms with Crippen molar-refractivity contribution >= 4 is 34.7 Å².